The Bertz CT molecular complexity index is 286. The average molecular weight is 270 g/mol. The van der Waals surface area contributed by atoms with Crippen molar-refractivity contribution in [1.82, 2.24) is 10.2 Å². The van der Waals surface area contributed by atoms with E-state index >= 15 is 0 Å². The molecule has 0 aromatic rings. The Morgan fingerprint density at radius 1 is 1.37 bits per heavy atom. The van der Waals surface area contributed by atoms with Crippen LogP contribution in [0.2, 0.25) is 0 Å². The molecule has 2 unspecified atom stereocenters. The normalized spacial score (nSPS) is 37.1. The third kappa shape index (κ3) is 4.42. The van der Waals surface area contributed by atoms with Gasteiger partial charge in [-0.1, -0.05) is 13.8 Å². The first-order valence-corrected chi connectivity index (χ1v) is 7.67. The zero-order valence-electron chi connectivity index (χ0n) is 12.7. The summed E-state index contributed by atoms with van der Waals surface area (Å²) in [6.45, 7) is 12.0. The lowest BCUT2D eigenvalue weighted by Gasteiger charge is -2.40. The molecule has 0 bridgehead atoms. The second-order valence-corrected chi connectivity index (χ2v) is 7.15. The van der Waals surface area contributed by atoms with Gasteiger partial charge in [-0.15, -0.1) is 0 Å². The van der Waals surface area contributed by atoms with Crippen LogP contribution in [0.25, 0.3) is 0 Å². The van der Waals surface area contributed by atoms with Crippen LogP contribution in [0.3, 0.4) is 0 Å². The van der Waals surface area contributed by atoms with Crippen molar-refractivity contribution < 1.29 is 9.84 Å². The Labute approximate surface area is 117 Å². The van der Waals surface area contributed by atoms with Gasteiger partial charge in [0.1, 0.15) is 0 Å². The highest BCUT2D eigenvalue weighted by Crippen LogP contribution is 2.32. The first kappa shape index (κ1) is 15.2. The van der Waals surface area contributed by atoms with E-state index in [1.54, 1.807) is 0 Å². The van der Waals surface area contributed by atoms with Gasteiger partial charge in [0, 0.05) is 44.2 Å². The van der Waals surface area contributed by atoms with Crippen LogP contribution in [0.15, 0.2) is 0 Å². The fraction of sp³-hybridized carbons (Fsp3) is 1.00. The van der Waals surface area contributed by atoms with Crippen molar-refractivity contribution in [3.8, 4) is 0 Å². The van der Waals surface area contributed by atoms with Crippen molar-refractivity contribution in [3.05, 3.63) is 0 Å². The summed E-state index contributed by atoms with van der Waals surface area (Å²) in [5.41, 5.74) is -0.273. The van der Waals surface area contributed by atoms with Crippen molar-refractivity contribution in [2.75, 3.05) is 39.4 Å². The van der Waals surface area contributed by atoms with Crippen molar-refractivity contribution in [2.45, 2.75) is 51.7 Å². The number of hydrogen-bond donors (Lipinski definition) is 2. The number of β-amino-alcohol motifs (C(OH)–C–C–N with tert-alkyl or cyclic N) is 1. The third-order valence-corrected chi connectivity index (χ3v) is 4.38. The molecule has 2 N–H and O–H groups in total. The number of aliphatic hydroxyl groups is 1. The van der Waals surface area contributed by atoms with Crippen LogP contribution in [0, 0.1) is 5.41 Å². The van der Waals surface area contributed by atoms with E-state index in [0.717, 1.165) is 52.2 Å². The fourth-order valence-electron chi connectivity index (χ4n) is 3.30. The molecule has 2 atom stereocenters. The zero-order valence-corrected chi connectivity index (χ0v) is 12.7. The Balaban J connectivity index is 1.93. The fourth-order valence-corrected chi connectivity index (χ4v) is 3.30. The van der Waals surface area contributed by atoms with Crippen LogP contribution in [0.4, 0.5) is 0 Å². The summed E-state index contributed by atoms with van der Waals surface area (Å²) in [6.07, 6.45) is 3.27. The van der Waals surface area contributed by atoms with Crippen molar-refractivity contribution in [2.24, 2.45) is 5.41 Å². The van der Waals surface area contributed by atoms with Gasteiger partial charge >= 0.3 is 0 Å². The highest BCUT2D eigenvalue weighted by atomic mass is 16.5. The topological polar surface area (TPSA) is 44.7 Å². The van der Waals surface area contributed by atoms with Gasteiger partial charge in [-0.25, -0.2) is 0 Å². The second kappa shape index (κ2) is 6.08. The molecule has 0 radical (unpaired) electrons. The Kier molecular flexibility index (Phi) is 4.88. The average Bonchev–Trinajstić information content (AvgIpc) is 2.67. The molecular weight excluding hydrogens is 240 g/mol. The van der Waals surface area contributed by atoms with Gasteiger partial charge in [0.05, 0.1) is 12.2 Å². The van der Waals surface area contributed by atoms with E-state index in [0.29, 0.717) is 6.04 Å². The van der Waals surface area contributed by atoms with Gasteiger partial charge in [0.2, 0.25) is 0 Å². The molecule has 0 spiro atoms. The molecule has 4 heteroatoms. The summed E-state index contributed by atoms with van der Waals surface area (Å²) in [7, 11) is 0. The molecule has 2 heterocycles. The standard InChI is InChI=1S/C15H30N2O2/c1-13(2)16-9-15(5-4-8-19-12-15)11-17-7-6-14(3,18)10-17/h13,16,18H,4-12H2,1-3H3. The van der Waals surface area contributed by atoms with Crippen LogP contribution in [0.5, 0.6) is 0 Å². The molecule has 2 aliphatic heterocycles. The summed E-state index contributed by atoms with van der Waals surface area (Å²) < 4.78 is 5.75. The van der Waals surface area contributed by atoms with E-state index in [-0.39, 0.29) is 5.41 Å². The molecule has 0 saturated carbocycles. The largest absolute Gasteiger partial charge is 0.389 e. The molecule has 2 rings (SSSR count). The van der Waals surface area contributed by atoms with Crippen LogP contribution < -0.4 is 5.32 Å². The van der Waals surface area contributed by atoms with E-state index in [4.69, 9.17) is 4.74 Å². The van der Waals surface area contributed by atoms with Crippen LogP contribution >= 0.6 is 0 Å². The van der Waals surface area contributed by atoms with Gasteiger partial charge in [0.25, 0.3) is 0 Å². The van der Waals surface area contributed by atoms with Gasteiger partial charge < -0.3 is 15.2 Å². The molecule has 0 aliphatic carbocycles. The van der Waals surface area contributed by atoms with Gasteiger partial charge in [-0.05, 0) is 26.2 Å². The first-order chi connectivity index (χ1) is 8.91. The third-order valence-electron chi connectivity index (χ3n) is 4.38. The monoisotopic (exact) mass is 270 g/mol. The Morgan fingerprint density at radius 2 is 2.16 bits per heavy atom. The lowest BCUT2D eigenvalue weighted by Crippen LogP contribution is -2.50. The van der Waals surface area contributed by atoms with E-state index in [9.17, 15) is 5.11 Å². The number of rotatable bonds is 5. The summed E-state index contributed by atoms with van der Waals surface area (Å²) in [5.74, 6) is 0. The number of hydrogen-bond acceptors (Lipinski definition) is 4. The van der Waals surface area contributed by atoms with E-state index in [2.05, 4.69) is 24.1 Å². The number of nitrogens with zero attached hydrogens (tertiary/aromatic N) is 1. The molecule has 0 aromatic carbocycles. The molecule has 2 saturated heterocycles. The molecule has 2 fully saturated rings. The predicted octanol–water partition coefficient (Wildman–Crippen LogP) is 1.24. The van der Waals surface area contributed by atoms with E-state index in [1.807, 2.05) is 6.92 Å². The molecule has 2 aliphatic rings. The number of likely N-dealkylation sites (tertiary alicyclic amines) is 1. The quantitative estimate of drug-likeness (QED) is 0.789. The van der Waals surface area contributed by atoms with Crippen LogP contribution in [-0.4, -0.2) is 61.0 Å². The maximum absolute atomic E-state index is 10.1. The highest BCUT2D eigenvalue weighted by molar-refractivity contribution is 4.93. The SMILES string of the molecule is CC(C)NCC1(CN2CCC(C)(O)C2)CCCOC1. The minimum Gasteiger partial charge on any atom is -0.389 e. The van der Waals surface area contributed by atoms with Crippen molar-refractivity contribution in [3.63, 3.8) is 0 Å². The Morgan fingerprint density at radius 3 is 2.68 bits per heavy atom. The predicted molar refractivity (Wildman–Crippen MR) is 77.3 cm³/mol. The maximum Gasteiger partial charge on any atom is 0.0758 e. The van der Waals surface area contributed by atoms with Crippen LogP contribution in [-0.2, 0) is 4.74 Å². The smallest absolute Gasteiger partial charge is 0.0758 e. The maximum atomic E-state index is 10.1. The minimum atomic E-state index is -0.498. The molecular formula is C15H30N2O2. The molecule has 112 valence electrons. The zero-order chi connectivity index (χ0) is 13.9. The van der Waals surface area contributed by atoms with Gasteiger partial charge in [0.15, 0.2) is 0 Å². The lowest BCUT2D eigenvalue weighted by atomic mass is 9.81. The number of nitrogens with one attached hydrogen (secondary N) is 1. The second-order valence-electron chi connectivity index (χ2n) is 7.15. The number of ether oxygens (including phenoxy) is 1. The summed E-state index contributed by atoms with van der Waals surface area (Å²) in [5, 5.41) is 13.7. The van der Waals surface area contributed by atoms with Gasteiger partial charge in [-0.2, -0.15) is 0 Å². The van der Waals surface area contributed by atoms with E-state index < -0.39 is 5.60 Å². The van der Waals surface area contributed by atoms with Crippen LogP contribution in [0.1, 0.15) is 40.0 Å². The first-order valence-electron chi connectivity index (χ1n) is 7.67. The summed E-state index contributed by atoms with van der Waals surface area (Å²) in [4.78, 5) is 2.41. The lowest BCUT2D eigenvalue weighted by molar-refractivity contribution is -0.0279. The molecule has 19 heavy (non-hydrogen) atoms. The molecule has 0 amide bonds. The Hall–Kier alpha value is -0.160. The van der Waals surface area contributed by atoms with Crippen molar-refractivity contribution in [1.29, 1.82) is 0 Å². The highest BCUT2D eigenvalue weighted by Gasteiger charge is 2.39. The summed E-state index contributed by atoms with van der Waals surface area (Å²) in [6, 6.07) is 0.514. The van der Waals surface area contributed by atoms with Crippen molar-refractivity contribution >= 4 is 0 Å². The molecule has 0 aromatic heterocycles. The minimum absolute atomic E-state index is 0.225. The molecule has 4 nitrogen and oxygen atoms in total. The van der Waals surface area contributed by atoms with Gasteiger partial charge in [-0.3, -0.25) is 4.90 Å². The van der Waals surface area contributed by atoms with E-state index in [1.165, 1.54) is 6.42 Å². The summed E-state index contributed by atoms with van der Waals surface area (Å²) >= 11 is 0.